The number of hydrogen-bond donors (Lipinski definition) is 0. The lowest BCUT2D eigenvalue weighted by molar-refractivity contribution is 0.414. The van der Waals surface area contributed by atoms with Crippen molar-refractivity contribution < 1.29 is 9.47 Å². The quantitative estimate of drug-likeness (QED) is 0.746. The van der Waals surface area contributed by atoms with Crippen LogP contribution in [0.2, 0.25) is 0 Å². The summed E-state index contributed by atoms with van der Waals surface area (Å²) < 4.78 is 12.0. The number of methoxy groups -OCH3 is 2. The van der Waals surface area contributed by atoms with E-state index in [1.54, 1.807) is 55.8 Å². The summed E-state index contributed by atoms with van der Waals surface area (Å²) in [5.74, 6) is 1.24. The van der Waals surface area contributed by atoms with E-state index in [2.05, 4.69) is 6.07 Å². The van der Waals surface area contributed by atoms with E-state index < -0.39 is 0 Å². The summed E-state index contributed by atoms with van der Waals surface area (Å²) in [7, 11) is 3.12. The van der Waals surface area contributed by atoms with Gasteiger partial charge in [-0.2, -0.15) is 5.26 Å². The summed E-state index contributed by atoms with van der Waals surface area (Å²) in [6.45, 7) is 0. The van der Waals surface area contributed by atoms with E-state index in [1.807, 2.05) is 0 Å². The number of hydrogen-bond acceptors (Lipinski definition) is 4. The fourth-order valence-corrected chi connectivity index (χ4v) is 2.54. The molecular formula is C18H14N2O3. The maximum atomic E-state index is 12.9. The molecule has 2 aromatic carbocycles. The zero-order valence-corrected chi connectivity index (χ0v) is 12.7. The first-order chi connectivity index (χ1) is 11.2. The van der Waals surface area contributed by atoms with E-state index >= 15 is 0 Å². The van der Waals surface area contributed by atoms with Gasteiger partial charge in [-0.1, -0.05) is 12.1 Å². The molecule has 0 unspecified atom stereocenters. The van der Waals surface area contributed by atoms with Crippen LogP contribution in [0.25, 0.3) is 16.5 Å². The van der Waals surface area contributed by atoms with Gasteiger partial charge < -0.3 is 9.47 Å². The molecule has 0 aliphatic heterocycles. The van der Waals surface area contributed by atoms with Gasteiger partial charge in [-0.3, -0.25) is 9.36 Å². The summed E-state index contributed by atoms with van der Waals surface area (Å²) in [5.41, 5.74) is 0.737. The van der Waals surface area contributed by atoms with Gasteiger partial charge in [-0.25, -0.2) is 0 Å². The summed E-state index contributed by atoms with van der Waals surface area (Å²) >= 11 is 0. The minimum atomic E-state index is -0.261. The molecule has 1 aromatic heterocycles. The fraction of sp³-hybridized carbons (Fsp3) is 0.111. The summed E-state index contributed by atoms with van der Waals surface area (Å²) in [6.07, 6.45) is 1.63. The molecule has 0 amide bonds. The molecule has 5 nitrogen and oxygen atoms in total. The Morgan fingerprint density at radius 3 is 2.39 bits per heavy atom. The molecule has 0 saturated heterocycles. The Bertz CT molecular complexity index is 966. The molecule has 0 spiro atoms. The van der Waals surface area contributed by atoms with Gasteiger partial charge in [0, 0.05) is 11.1 Å². The Labute approximate surface area is 132 Å². The first-order valence-corrected chi connectivity index (χ1v) is 6.96. The smallest absolute Gasteiger partial charge is 0.264 e. The molecule has 1 heterocycles. The monoisotopic (exact) mass is 306 g/mol. The van der Waals surface area contributed by atoms with E-state index in [9.17, 15) is 10.1 Å². The Kier molecular flexibility index (Phi) is 3.73. The Hall–Kier alpha value is -3.26. The first kappa shape index (κ1) is 14.7. The molecule has 0 N–H and O–H groups in total. The van der Waals surface area contributed by atoms with Crippen LogP contribution in [0.5, 0.6) is 11.5 Å². The molecule has 3 aromatic rings. The highest BCUT2D eigenvalue weighted by molar-refractivity contribution is 5.92. The van der Waals surface area contributed by atoms with Crippen LogP contribution in [0, 0.1) is 11.3 Å². The molecule has 5 heteroatoms. The van der Waals surface area contributed by atoms with Gasteiger partial charge >= 0.3 is 0 Å². The summed E-state index contributed by atoms with van der Waals surface area (Å²) in [5, 5.41) is 10.3. The molecule has 23 heavy (non-hydrogen) atoms. The Balaban J connectivity index is 2.35. The van der Waals surface area contributed by atoms with Crippen LogP contribution in [0.15, 0.2) is 53.5 Å². The van der Waals surface area contributed by atoms with E-state index in [1.165, 1.54) is 11.7 Å². The highest BCUT2D eigenvalue weighted by Gasteiger charge is 2.13. The van der Waals surface area contributed by atoms with Crippen molar-refractivity contribution in [2.45, 2.75) is 0 Å². The fourth-order valence-electron chi connectivity index (χ4n) is 2.54. The van der Waals surface area contributed by atoms with Crippen molar-refractivity contribution in [3.8, 4) is 23.3 Å². The number of rotatable bonds is 3. The van der Waals surface area contributed by atoms with Crippen molar-refractivity contribution >= 4 is 10.8 Å². The molecule has 0 saturated carbocycles. The van der Waals surface area contributed by atoms with Crippen molar-refractivity contribution in [2.75, 3.05) is 14.2 Å². The molecule has 114 valence electrons. The zero-order valence-electron chi connectivity index (χ0n) is 12.7. The first-order valence-electron chi connectivity index (χ1n) is 6.96. The molecular weight excluding hydrogens is 292 g/mol. The van der Waals surface area contributed by atoms with Gasteiger partial charge in [0.05, 0.1) is 37.4 Å². The van der Waals surface area contributed by atoms with Gasteiger partial charge in [0.25, 0.3) is 5.56 Å². The second-order valence-electron chi connectivity index (χ2n) is 4.91. The van der Waals surface area contributed by atoms with Crippen LogP contribution in [0.1, 0.15) is 5.56 Å². The predicted molar refractivity (Wildman–Crippen MR) is 87.4 cm³/mol. The molecule has 0 aliphatic rings. The number of ether oxygens (including phenoxy) is 2. The number of pyridine rings is 1. The maximum Gasteiger partial charge on any atom is 0.264 e. The van der Waals surface area contributed by atoms with Gasteiger partial charge in [0.1, 0.15) is 11.5 Å². The molecule has 0 atom stereocenters. The lowest BCUT2D eigenvalue weighted by atomic mass is 10.1. The van der Waals surface area contributed by atoms with Crippen LogP contribution < -0.4 is 15.0 Å². The molecule has 0 radical (unpaired) electrons. The third-order valence-electron chi connectivity index (χ3n) is 3.70. The number of nitrogens with zero attached hydrogens (tertiary/aromatic N) is 2. The third kappa shape index (κ3) is 2.40. The standard InChI is InChI=1S/C18H14N2O3/c1-22-14-8-6-13(7-9-14)20-11-16(23-2)15-5-3-4-12(10-19)17(15)18(20)21/h3-9,11H,1-2H3. The van der Waals surface area contributed by atoms with Crippen LogP contribution in [-0.2, 0) is 0 Å². The lowest BCUT2D eigenvalue weighted by Gasteiger charge is -2.12. The second kappa shape index (κ2) is 5.85. The second-order valence-corrected chi connectivity index (χ2v) is 4.91. The summed E-state index contributed by atoms with van der Waals surface area (Å²) in [6, 6.07) is 14.3. The normalized spacial score (nSPS) is 10.3. The molecule has 0 bridgehead atoms. The number of nitriles is 1. The number of fused-ring (bicyclic) bond motifs is 1. The van der Waals surface area contributed by atoms with E-state index in [0.717, 1.165) is 0 Å². The van der Waals surface area contributed by atoms with Crippen molar-refractivity contribution in [3.05, 3.63) is 64.6 Å². The van der Waals surface area contributed by atoms with Crippen LogP contribution in [-0.4, -0.2) is 18.8 Å². The SMILES string of the molecule is COc1ccc(-n2cc(OC)c3cccc(C#N)c3c2=O)cc1. The molecule has 0 fully saturated rings. The lowest BCUT2D eigenvalue weighted by Crippen LogP contribution is -2.19. The van der Waals surface area contributed by atoms with Crippen LogP contribution in [0.4, 0.5) is 0 Å². The van der Waals surface area contributed by atoms with Crippen LogP contribution >= 0.6 is 0 Å². The van der Waals surface area contributed by atoms with E-state index in [0.29, 0.717) is 33.5 Å². The third-order valence-corrected chi connectivity index (χ3v) is 3.70. The van der Waals surface area contributed by atoms with Gasteiger partial charge in [-0.15, -0.1) is 0 Å². The van der Waals surface area contributed by atoms with Gasteiger partial charge in [0.2, 0.25) is 0 Å². The van der Waals surface area contributed by atoms with Crippen molar-refractivity contribution in [2.24, 2.45) is 0 Å². The van der Waals surface area contributed by atoms with Crippen molar-refractivity contribution in [1.82, 2.24) is 4.57 Å². The average Bonchev–Trinajstić information content (AvgIpc) is 2.61. The minimum Gasteiger partial charge on any atom is -0.497 e. The predicted octanol–water partition coefficient (Wildman–Crippen LogP) is 2.88. The Morgan fingerprint density at radius 1 is 1.04 bits per heavy atom. The van der Waals surface area contributed by atoms with Gasteiger partial charge in [-0.05, 0) is 30.3 Å². The topological polar surface area (TPSA) is 64.2 Å². The number of aromatic nitrogens is 1. The van der Waals surface area contributed by atoms with Crippen molar-refractivity contribution in [3.63, 3.8) is 0 Å². The maximum absolute atomic E-state index is 12.9. The highest BCUT2D eigenvalue weighted by atomic mass is 16.5. The van der Waals surface area contributed by atoms with Gasteiger partial charge in [0.15, 0.2) is 0 Å². The minimum absolute atomic E-state index is 0.261. The zero-order chi connectivity index (χ0) is 16.4. The average molecular weight is 306 g/mol. The Morgan fingerprint density at radius 2 is 1.78 bits per heavy atom. The summed E-state index contributed by atoms with van der Waals surface area (Å²) in [4.78, 5) is 12.9. The molecule has 0 aliphatic carbocycles. The highest BCUT2D eigenvalue weighted by Crippen LogP contribution is 2.26. The van der Waals surface area contributed by atoms with E-state index in [4.69, 9.17) is 9.47 Å². The van der Waals surface area contributed by atoms with E-state index in [-0.39, 0.29) is 5.56 Å². The van der Waals surface area contributed by atoms with Crippen molar-refractivity contribution in [1.29, 1.82) is 5.26 Å². The largest absolute Gasteiger partial charge is 0.497 e. The van der Waals surface area contributed by atoms with Crippen LogP contribution in [0.3, 0.4) is 0 Å². The molecule has 3 rings (SSSR count). The number of benzene rings is 2.